The Bertz CT molecular complexity index is 708. The molecule has 2 aromatic rings. The summed E-state index contributed by atoms with van der Waals surface area (Å²) in [5, 5.41) is 4.17. The molecule has 1 heterocycles. The van der Waals surface area contributed by atoms with Gasteiger partial charge in [0, 0.05) is 33.5 Å². The minimum Gasteiger partial charge on any atom is -0.383 e. The van der Waals surface area contributed by atoms with Crippen LogP contribution in [0, 0.1) is 0 Å². The van der Waals surface area contributed by atoms with Crippen molar-refractivity contribution >= 4 is 10.0 Å². The summed E-state index contributed by atoms with van der Waals surface area (Å²) in [4.78, 5) is 0.172. The van der Waals surface area contributed by atoms with Crippen LogP contribution in [-0.2, 0) is 26.0 Å². The van der Waals surface area contributed by atoms with Gasteiger partial charge in [-0.05, 0) is 5.56 Å². The van der Waals surface area contributed by atoms with Crippen LogP contribution in [0.2, 0.25) is 0 Å². The molecule has 0 aliphatic carbocycles. The van der Waals surface area contributed by atoms with Gasteiger partial charge in [-0.1, -0.05) is 30.3 Å². The van der Waals surface area contributed by atoms with Gasteiger partial charge in [0.15, 0.2) is 0 Å². The van der Waals surface area contributed by atoms with Gasteiger partial charge in [0.1, 0.15) is 4.90 Å². The SMILES string of the molecule is COCCN(CCOC)S(=O)(=O)c1cnn(Cc2ccccc2)c1. The minimum atomic E-state index is -3.63. The van der Waals surface area contributed by atoms with Crippen LogP contribution in [0.5, 0.6) is 0 Å². The number of methoxy groups -OCH3 is 2. The second-order valence-corrected chi connectivity index (χ2v) is 7.19. The molecule has 0 N–H and O–H groups in total. The van der Waals surface area contributed by atoms with E-state index in [1.54, 1.807) is 25.1 Å². The summed E-state index contributed by atoms with van der Waals surface area (Å²) in [5.74, 6) is 0. The molecule has 0 spiro atoms. The van der Waals surface area contributed by atoms with Crippen LogP contribution in [0.3, 0.4) is 0 Å². The normalized spacial score (nSPS) is 12.0. The van der Waals surface area contributed by atoms with Crippen LogP contribution in [0.15, 0.2) is 47.6 Å². The average Bonchev–Trinajstić information content (AvgIpc) is 3.05. The lowest BCUT2D eigenvalue weighted by Crippen LogP contribution is -2.36. The van der Waals surface area contributed by atoms with Crippen molar-refractivity contribution in [3.63, 3.8) is 0 Å². The van der Waals surface area contributed by atoms with Crippen LogP contribution >= 0.6 is 0 Å². The van der Waals surface area contributed by atoms with Crippen molar-refractivity contribution < 1.29 is 17.9 Å². The lowest BCUT2D eigenvalue weighted by molar-refractivity contribution is 0.150. The smallest absolute Gasteiger partial charge is 0.246 e. The van der Waals surface area contributed by atoms with Gasteiger partial charge in [0.2, 0.25) is 10.0 Å². The van der Waals surface area contributed by atoms with E-state index in [0.717, 1.165) is 5.56 Å². The maximum absolute atomic E-state index is 12.8. The second-order valence-electron chi connectivity index (χ2n) is 5.25. The van der Waals surface area contributed by atoms with E-state index >= 15 is 0 Å². The Morgan fingerprint density at radius 3 is 2.29 bits per heavy atom. The maximum Gasteiger partial charge on any atom is 0.246 e. The summed E-state index contributed by atoms with van der Waals surface area (Å²) in [6, 6.07) is 9.76. The fraction of sp³-hybridized carbons (Fsp3) is 0.438. The van der Waals surface area contributed by atoms with E-state index in [1.807, 2.05) is 30.3 Å². The third kappa shape index (κ3) is 4.88. The topological polar surface area (TPSA) is 73.7 Å². The number of rotatable bonds is 10. The quantitative estimate of drug-likeness (QED) is 0.642. The predicted octanol–water partition coefficient (Wildman–Crippen LogP) is 1.21. The second kappa shape index (κ2) is 8.93. The van der Waals surface area contributed by atoms with Gasteiger partial charge in [-0.15, -0.1) is 0 Å². The number of ether oxygens (including phenoxy) is 2. The van der Waals surface area contributed by atoms with E-state index in [4.69, 9.17) is 9.47 Å². The van der Waals surface area contributed by atoms with E-state index in [-0.39, 0.29) is 18.0 Å². The summed E-state index contributed by atoms with van der Waals surface area (Å²) >= 11 is 0. The van der Waals surface area contributed by atoms with Crippen LogP contribution in [0.1, 0.15) is 5.56 Å². The number of nitrogens with zero attached hydrogens (tertiary/aromatic N) is 3. The zero-order chi connectivity index (χ0) is 17.4. The zero-order valence-electron chi connectivity index (χ0n) is 14.0. The molecule has 132 valence electrons. The molecule has 7 nitrogen and oxygen atoms in total. The van der Waals surface area contributed by atoms with Crippen LogP contribution < -0.4 is 0 Å². The van der Waals surface area contributed by atoms with E-state index < -0.39 is 10.0 Å². The summed E-state index contributed by atoms with van der Waals surface area (Å²) < 4.78 is 38.5. The largest absolute Gasteiger partial charge is 0.383 e. The molecule has 1 aromatic heterocycles. The molecule has 0 atom stereocenters. The van der Waals surface area contributed by atoms with E-state index in [1.165, 1.54) is 10.5 Å². The first kappa shape index (κ1) is 18.6. The van der Waals surface area contributed by atoms with Gasteiger partial charge in [0.25, 0.3) is 0 Å². The standard InChI is InChI=1S/C16H23N3O4S/c1-22-10-8-19(9-11-23-2)24(20,21)16-12-17-18(14-16)13-15-6-4-3-5-7-15/h3-7,12,14H,8-11,13H2,1-2H3. The van der Waals surface area contributed by atoms with Gasteiger partial charge in [0.05, 0.1) is 26.0 Å². The summed E-state index contributed by atoms with van der Waals surface area (Å²) in [7, 11) is -0.546. The highest BCUT2D eigenvalue weighted by molar-refractivity contribution is 7.89. The lowest BCUT2D eigenvalue weighted by atomic mass is 10.2. The summed E-state index contributed by atoms with van der Waals surface area (Å²) in [5.41, 5.74) is 1.06. The number of hydrogen-bond acceptors (Lipinski definition) is 5. The van der Waals surface area contributed by atoms with Gasteiger partial charge in [-0.2, -0.15) is 9.40 Å². The number of sulfonamides is 1. The zero-order valence-corrected chi connectivity index (χ0v) is 14.8. The van der Waals surface area contributed by atoms with Crippen LogP contribution in [-0.4, -0.2) is 63.0 Å². The molecule has 0 radical (unpaired) electrons. The summed E-state index contributed by atoms with van der Waals surface area (Å²) in [6.07, 6.45) is 2.93. The van der Waals surface area contributed by atoms with Crippen molar-refractivity contribution in [3.8, 4) is 0 Å². The van der Waals surface area contributed by atoms with Crippen LogP contribution in [0.25, 0.3) is 0 Å². The molecule has 1 aromatic carbocycles. The number of benzene rings is 1. The highest BCUT2D eigenvalue weighted by Crippen LogP contribution is 2.15. The molecule has 0 amide bonds. The van der Waals surface area contributed by atoms with Crippen molar-refractivity contribution in [3.05, 3.63) is 48.3 Å². The first-order valence-electron chi connectivity index (χ1n) is 7.62. The Hall–Kier alpha value is -1.74. The Labute approximate surface area is 142 Å². The Morgan fingerprint density at radius 1 is 1.08 bits per heavy atom. The molecule has 0 saturated heterocycles. The van der Waals surface area contributed by atoms with Gasteiger partial charge in [-0.25, -0.2) is 8.42 Å². The summed E-state index contributed by atoms with van der Waals surface area (Å²) in [6.45, 7) is 1.70. The predicted molar refractivity (Wildman–Crippen MR) is 90.3 cm³/mol. The Balaban J connectivity index is 2.15. The van der Waals surface area contributed by atoms with Gasteiger partial charge < -0.3 is 9.47 Å². The molecule has 0 fully saturated rings. The van der Waals surface area contributed by atoms with Gasteiger partial charge >= 0.3 is 0 Å². The van der Waals surface area contributed by atoms with Crippen molar-refractivity contribution in [2.24, 2.45) is 0 Å². The van der Waals surface area contributed by atoms with Gasteiger partial charge in [-0.3, -0.25) is 4.68 Å². The fourth-order valence-electron chi connectivity index (χ4n) is 2.22. The maximum atomic E-state index is 12.8. The molecule has 8 heteroatoms. The first-order chi connectivity index (χ1) is 11.6. The molecular formula is C16H23N3O4S. The molecule has 2 rings (SSSR count). The lowest BCUT2D eigenvalue weighted by Gasteiger charge is -2.20. The van der Waals surface area contributed by atoms with Crippen molar-refractivity contribution in [2.45, 2.75) is 11.4 Å². The fourth-order valence-corrected chi connectivity index (χ4v) is 3.59. The molecule has 0 saturated carbocycles. The Morgan fingerprint density at radius 2 is 1.71 bits per heavy atom. The van der Waals surface area contributed by atoms with Crippen molar-refractivity contribution in [1.82, 2.24) is 14.1 Å². The molecule has 0 bridgehead atoms. The minimum absolute atomic E-state index is 0.172. The first-order valence-corrected chi connectivity index (χ1v) is 9.06. The molecule has 0 unspecified atom stereocenters. The highest BCUT2D eigenvalue weighted by Gasteiger charge is 2.25. The number of hydrogen-bond donors (Lipinski definition) is 0. The molecule has 0 aliphatic heterocycles. The molecule has 24 heavy (non-hydrogen) atoms. The van der Waals surface area contributed by atoms with Crippen molar-refractivity contribution in [1.29, 1.82) is 0 Å². The molecule has 0 aliphatic rings. The van der Waals surface area contributed by atoms with E-state index in [9.17, 15) is 8.42 Å². The monoisotopic (exact) mass is 353 g/mol. The van der Waals surface area contributed by atoms with Crippen molar-refractivity contribution in [2.75, 3.05) is 40.5 Å². The third-order valence-corrected chi connectivity index (χ3v) is 5.38. The number of aromatic nitrogens is 2. The average molecular weight is 353 g/mol. The van der Waals surface area contributed by atoms with Crippen LogP contribution in [0.4, 0.5) is 0 Å². The third-order valence-electron chi connectivity index (χ3n) is 3.52. The van der Waals surface area contributed by atoms with E-state index in [0.29, 0.717) is 19.8 Å². The molecular weight excluding hydrogens is 330 g/mol. The highest BCUT2D eigenvalue weighted by atomic mass is 32.2. The Kier molecular flexibility index (Phi) is 6.92. The van der Waals surface area contributed by atoms with E-state index in [2.05, 4.69) is 5.10 Å².